The first-order valence-corrected chi connectivity index (χ1v) is 6.69. The number of carbonyl (C=O) groups excluding carboxylic acids is 1. The molecule has 1 aromatic heterocycles. The summed E-state index contributed by atoms with van der Waals surface area (Å²) in [4.78, 5) is 19.0. The molecule has 1 aliphatic heterocycles. The van der Waals surface area contributed by atoms with E-state index < -0.39 is 0 Å². The van der Waals surface area contributed by atoms with Crippen molar-refractivity contribution in [3.8, 4) is 0 Å². The van der Waals surface area contributed by atoms with Crippen molar-refractivity contribution in [1.29, 1.82) is 0 Å². The highest BCUT2D eigenvalue weighted by Crippen LogP contribution is 2.28. The van der Waals surface area contributed by atoms with Crippen LogP contribution in [0.5, 0.6) is 0 Å². The van der Waals surface area contributed by atoms with Crippen LogP contribution in [-0.2, 0) is 5.41 Å². The predicted molar refractivity (Wildman–Crippen MR) is 67.3 cm³/mol. The van der Waals surface area contributed by atoms with Gasteiger partial charge in [-0.3, -0.25) is 4.79 Å². The standard InChI is InChI=1S/C12H18N2O2S/c1-12(2,3)10-9(17-7-13-10)11(16)14-5-4-8(15)6-14/h7-8,15H,4-6H2,1-3H3/t8-/m1/s1. The topological polar surface area (TPSA) is 53.4 Å². The molecule has 94 valence electrons. The number of likely N-dealkylation sites (tertiary alicyclic amines) is 1. The SMILES string of the molecule is CC(C)(C)c1ncsc1C(=O)N1CC[C@@H](O)C1. The molecule has 1 fully saturated rings. The van der Waals surface area contributed by atoms with Crippen molar-refractivity contribution in [2.24, 2.45) is 0 Å². The van der Waals surface area contributed by atoms with Gasteiger partial charge in [-0.2, -0.15) is 0 Å². The van der Waals surface area contributed by atoms with Gasteiger partial charge < -0.3 is 10.0 Å². The Morgan fingerprint density at radius 2 is 2.29 bits per heavy atom. The van der Waals surface area contributed by atoms with Crippen molar-refractivity contribution < 1.29 is 9.90 Å². The molecule has 2 heterocycles. The van der Waals surface area contributed by atoms with E-state index in [4.69, 9.17) is 0 Å². The van der Waals surface area contributed by atoms with Crippen LogP contribution in [0.15, 0.2) is 5.51 Å². The lowest BCUT2D eigenvalue weighted by atomic mass is 9.91. The summed E-state index contributed by atoms with van der Waals surface area (Å²) >= 11 is 1.39. The Hall–Kier alpha value is -0.940. The van der Waals surface area contributed by atoms with E-state index in [9.17, 15) is 9.90 Å². The Morgan fingerprint density at radius 3 is 2.82 bits per heavy atom. The van der Waals surface area contributed by atoms with Gasteiger partial charge in [-0.25, -0.2) is 4.98 Å². The zero-order valence-corrected chi connectivity index (χ0v) is 11.3. The summed E-state index contributed by atoms with van der Waals surface area (Å²) in [6, 6.07) is 0. The monoisotopic (exact) mass is 254 g/mol. The number of β-amino-alcohol motifs (C(OH)–C–C–N with tert-alkyl or cyclic N) is 1. The van der Waals surface area contributed by atoms with Crippen LogP contribution in [0.2, 0.25) is 0 Å². The molecule has 2 rings (SSSR count). The molecular formula is C12H18N2O2S. The number of amides is 1. The lowest BCUT2D eigenvalue weighted by Crippen LogP contribution is -2.31. The summed E-state index contributed by atoms with van der Waals surface area (Å²) in [5.74, 6) is 0.00831. The van der Waals surface area contributed by atoms with Crippen LogP contribution in [-0.4, -0.2) is 40.1 Å². The quantitative estimate of drug-likeness (QED) is 0.829. The summed E-state index contributed by atoms with van der Waals surface area (Å²) in [7, 11) is 0. The molecule has 1 saturated heterocycles. The van der Waals surface area contributed by atoms with Crippen LogP contribution in [0.4, 0.5) is 0 Å². The summed E-state index contributed by atoms with van der Waals surface area (Å²) in [5.41, 5.74) is 2.46. The summed E-state index contributed by atoms with van der Waals surface area (Å²) in [5, 5.41) is 9.47. The zero-order chi connectivity index (χ0) is 12.6. The molecule has 0 unspecified atom stereocenters. The molecule has 0 bridgehead atoms. The molecule has 1 atom stereocenters. The fourth-order valence-corrected chi connectivity index (χ4v) is 2.97. The molecule has 0 aliphatic carbocycles. The highest BCUT2D eigenvalue weighted by atomic mass is 32.1. The summed E-state index contributed by atoms with van der Waals surface area (Å²) in [6.07, 6.45) is 0.306. The third kappa shape index (κ3) is 2.50. The van der Waals surface area contributed by atoms with Crippen LogP contribution in [0.1, 0.15) is 42.6 Å². The first-order valence-electron chi connectivity index (χ1n) is 5.81. The number of aliphatic hydroxyl groups excluding tert-OH is 1. The maximum Gasteiger partial charge on any atom is 0.265 e. The van der Waals surface area contributed by atoms with Gasteiger partial charge in [0.1, 0.15) is 4.88 Å². The van der Waals surface area contributed by atoms with Crippen molar-refractivity contribution in [2.75, 3.05) is 13.1 Å². The van der Waals surface area contributed by atoms with Crippen molar-refractivity contribution in [3.05, 3.63) is 16.1 Å². The van der Waals surface area contributed by atoms with Crippen LogP contribution in [0.3, 0.4) is 0 Å². The van der Waals surface area contributed by atoms with Crippen molar-refractivity contribution in [1.82, 2.24) is 9.88 Å². The smallest absolute Gasteiger partial charge is 0.265 e. The number of nitrogens with zero attached hydrogens (tertiary/aromatic N) is 2. The second-order valence-electron chi connectivity index (χ2n) is 5.47. The van der Waals surface area contributed by atoms with Crippen molar-refractivity contribution >= 4 is 17.2 Å². The highest BCUT2D eigenvalue weighted by Gasteiger charge is 2.31. The van der Waals surface area contributed by atoms with E-state index in [1.54, 1.807) is 10.4 Å². The number of rotatable bonds is 1. The number of hydrogen-bond donors (Lipinski definition) is 1. The third-order valence-electron chi connectivity index (χ3n) is 2.92. The maximum atomic E-state index is 12.3. The molecule has 1 N–H and O–H groups in total. The fraction of sp³-hybridized carbons (Fsp3) is 0.667. The van der Waals surface area contributed by atoms with Gasteiger partial charge in [0, 0.05) is 18.5 Å². The number of aromatic nitrogens is 1. The molecule has 4 nitrogen and oxygen atoms in total. The molecular weight excluding hydrogens is 236 g/mol. The van der Waals surface area contributed by atoms with Gasteiger partial charge in [-0.15, -0.1) is 11.3 Å². The molecule has 0 spiro atoms. The van der Waals surface area contributed by atoms with E-state index >= 15 is 0 Å². The van der Waals surface area contributed by atoms with Crippen molar-refractivity contribution in [3.63, 3.8) is 0 Å². The van der Waals surface area contributed by atoms with E-state index in [1.807, 2.05) is 0 Å². The van der Waals surface area contributed by atoms with E-state index in [2.05, 4.69) is 25.8 Å². The molecule has 1 aromatic rings. The minimum atomic E-state index is -0.370. The predicted octanol–water partition coefficient (Wildman–Crippen LogP) is 1.65. The van der Waals surface area contributed by atoms with Crippen molar-refractivity contribution in [2.45, 2.75) is 38.7 Å². The van der Waals surface area contributed by atoms with Gasteiger partial charge in [0.05, 0.1) is 17.3 Å². The second kappa shape index (κ2) is 4.38. The van der Waals surface area contributed by atoms with Gasteiger partial charge in [0.25, 0.3) is 5.91 Å². The van der Waals surface area contributed by atoms with Gasteiger partial charge in [0.15, 0.2) is 0 Å². The van der Waals surface area contributed by atoms with Crippen LogP contribution < -0.4 is 0 Å². The molecule has 1 amide bonds. The molecule has 0 radical (unpaired) electrons. The minimum absolute atomic E-state index is 0.00831. The molecule has 5 heteroatoms. The Bertz CT molecular complexity index is 422. The summed E-state index contributed by atoms with van der Waals surface area (Å²) in [6.45, 7) is 7.24. The number of carbonyl (C=O) groups is 1. The highest BCUT2D eigenvalue weighted by molar-refractivity contribution is 7.11. The average molecular weight is 254 g/mol. The number of aliphatic hydroxyl groups is 1. The number of hydrogen-bond acceptors (Lipinski definition) is 4. The lowest BCUT2D eigenvalue weighted by molar-refractivity contribution is 0.0767. The first-order chi connectivity index (χ1) is 7.89. The van der Waals surface area contributed by atoms with E-state index in [1.165, 1.54) is 11.3 Å². The van der Waals surface area contributed by atoms with E-state index in [-0.39, 0.29) is 17.4 Å². The van der Waals surface area contributed by atoms with E-state index in [0.717, 1.165) is 5.69 Å². The first kappa shape index (κ1) is 12.5. The largest absolute Gasteiger partial charge is 0.391 e. The Balaban J connectivity index is 2.23. The third-order valence-corrected chi connectivity index (χ3v) is 3.74. The molecule has 1 aliphatic rings. The Labute approximate surface area is 105 Å². The van der Waals surface area contributed by atoms with Gasteiger partial charge >= 0.3 is 0 Å². The van der Waals surface area contributed by atoms with Gasteiger partial charge in [-0.1, -0.05) is 20.8 Å². The Morgan fingerprint density at radius 1 is 1.59 bits per heavy atom. The van der Waals surface area contributed by atoms with Crippen LogP contribution >= 0.6 is 11.3 Å². The molecule has 17 heavy (non-hydrogen) atoms. The van der Waals surface area contributed by atoms with E-state index in [0.29, 0.717) is 24.4 Å². The maximum absolute atomic E-state index is 12.3. The second-order valence-corrected chi connectivity index (χ2v) is 6.33. The number of thiazole rings is 1. The van der Waals surface area contributed by atoms with Gasteiger partial charge in [0.2, 0.25) is 0 Å². The average Bonchev–Trinajstić information content (AvgIpc) is 2.83. The fourth-order valence-electron chi connectivity index (χ4n) is 2.00. The lowest BCUT2D eigenvalue weighted by Gasteiger charge is -2.20. The van der Waals surface area contributed by atoms with Crippen LogP contribution in [0, 0.1) is 0 Å². The molecule has 0 saturated carbocycles. The normalized spacial score (nSPS) is 20.9. The van der Waals surface area contributed by atoms with Gasteiger partial charge in [-0.05, 0) is 6.42 Å². The Kier molecular flexibility index (Phi) is 3.23. The van der Waals surface area contributed by atoms with Crippen LogP contribution in [0.25, 0.3) is 0 Å². The molecule has 0 aromatic carbocycles. The zero-order valence-electron chi connectivity index (χ0n) is 10.4. The minimum Gasteiger partial charge on any atom is -0.391 e. The summed E-state index contributed by atoms with van der Waals surface area (Å²) < 4.78 is 0.